The summed E-state index contributed by atoms with van der Waals surface area (Å²) in [6.07, 6.45) is -2.58. The molecule has 2 aromatic rings. The number of nitrogens with one attached hydrogen (secondary N) is 1. The van der Waals surface area contributed by atoms with Gasteiger partial charge in [0.05, 0.1) is 5.02 Å². The number of nitrogens with zero attached hydrogens (tertiary/aromatic N) is 2. The van der Waals surface area contributed by atoms with Crippen LogP contribution < -0.4 is 5.32 Å². The number of hydrogen-bond donors (Lipinski definition) is 1. The van der Waals surface area contributed by atoms with Crippen LogP contribution in [0, 0.1) is 11.2 Å². The number of carbonyl (C=O) groups is 1. The molecule has 1 unspecified atom stereocenters. The second-order valence-corrected chi connectivity index (χ2v) is 9.24. The topological polar surface area (TPSA) is 45.2 Å². The summed E-state index contributed by atoms with van der Waals surface area (Å²) in [4.78, 5) is 17.3. The molecule has 0 saturated carbocycles. The van der Waals surface area contributed by atoms with Gasteiger partial charge in [0, 0.05) is 30.3 Å². The summed E-state index contributed by atoms with van der Waals surface area (Å²) in [6.45, 7) is 4.71. The molecule has 0 spiro atoms. The van der Waals surface area contributed by atoms with Gasteiger partial charge >= 0.3 is 6.18 Å². The molecular weight excluding hydrogens is 434 g/mol. The van der Waals surface area contributed by atoms with E-state index in [0.717, 1.165) is 18.8 Å². The minimum atomic E-state index is -4.66. The standard InChI is InChI=1S/C22H24ClF4N3O/c1-21(2,3)20(31)30(4)19(22(25,26)27)13-6-8-17(28-11-13)29-14-9-12-5-7-16(23)18(24)15(12)10-14/h5-8,11,14,19H,9-10H2,1-4H3,(H,28,29)/t14?,19-/m0/s1. The first kappa shape index (κ1) is 23.3. The first-order valence-electron chi connectivity index (χ1n) is 9.81. The number of rotatable bonds is 4. The maximum atomic E-state index is 14.2. The number of aromatic nitrogens is 1. The van der Waals surface area contributed by atoms with Crippen molar-refractivity contribution in [2.75, 3.05) is 12.4 Å². The van der Waals surface area contributed by atoms with Crippen molar-refractivity contribution in [2.24, 2.45) is 5.41 Å². The van der Waals surface area contributed by atoms with Crippen LogP contribution in [-0.2, 0) is 17.6 Å². The van der Waals surface area contributed by atoms with Gasteiger partial charge in [0.25, 0.3) is 0 Å². The summed E-state index contributed by atoms with van der Waals surface area (Å²) in [6, 6.07) is 3.78. The number of fused-ring (bicyclic) bond motifs is 1. The van der Waals surface area contributed by atoms with Gasteiger partial charge in [-0.05, 0) is 36.1 Å². The molecule has 1 aromatic heterocycles. The van der Waals surface area contributed by atoms with Crippen molar-refractivity contribution in [1.29, 1.82) is 0 Å². The highest BCUT2D eigenvalue weighted by Crippen LogP contribution is 2.39. The molecule has 9 heteroatoms. The Labute approximate surface area is 183 Å². The highest BCUT2D eigenvalue weighted by molar-refractivity contribution is 6.30. The molecule has 2 atom stereocenters. The van der Waals surface area contributed by atoms with E-state index in [-0.39, 0.29) is 16.6 Å². The molecule has 31 heavy (non-hydrogen) atoms. The summed E-state index contributed by atoms with van der Waals surface area (Å²) < 4.78 is 55.5. The summed E-state index contributed by atoms with van der Waals surface area (Å²) in [5, 5.41) is 3.20. The molecular formula is C22H24ClF4N3O. The van der Waals surface area contributed by atoms with Crippen LogP contribution >= 0.6 is 11.6 Å². The maximum absolute atomic E-state index is 14.2. The monoisotopic (exact) mass is 457 g/mol. The third-order valence-corrected chi connectivity index (χ3v) is 5.62. The van der Waals surface area contributed by atoms with E-state index in [4.69, 9.17) is 11.6 Å². The molecule has 1 aliphatic rings. The van der Waals surface area contributed by atoms with Gasteiger partial charge in [0.15, 0.2) is 6.04 Å². The molecule has 0 radical (unpaired) electrons. The van der Waals surface area contributed by atoms with E-state index in [0.29, 0.717) is 29.1 Å². The number of carbonyl (C=O) groups excluding carboxylic acids is 1. The Balaban J connectivity index is 1.77. The fourth-order valence-corrected chi connectivity index (χ4v) is 4.05. The third-order valence-electron chi connectivity index (χ3n) is 5.32. The van der Waals surface area contributed by atoms with Crippen LogP contribution in [0.1, 0.15) is 43.5 Å². The normalized spacial score (nSPS) is 17.3. The van der Waals surface area contributed by atoms with Gasteiger partial charge in [-0.15, -0.1) is 0 Å². The fraction of sp³-hybridized carbons (Fsp3) is 0.455. The lowest BCUT2D eigenvalue weighted by Gasteiger charge is -2.34. The molecule has 4 nitrogen and oxygen atoms in total. The van der Waals surface area contributed by atoms with Gasteiger partial charge < -0.3 is 10.2 Å². The lowest BCUT2D eigenvalue weighted by molar-refractivity contribution is -0.192. The number of amides is 1. The Morgan fingerprint density at radius 2 is 1.87 bits per heavy atom. The molecule has 1 aliphatic carbocycles. The molecule has 1 aromatic carbocycles. The second kappa shape index (κ2) is 8.30. The van der Waals surface area contributed by atoms with E-state index in [1.165, 1.54) is 18.2 Å². The van der Waals surface area contributed by atoms with Gasteiger partial charge in [-0.1, -0.05) is 44.5 Å². The van der Waals surface area contributed by atoms with Crippen molar-refractivity contribution < 1.29 is 22.4 Å². The first-order chi connectivity index (χ1) is 14.3. The molecule has 1 heterocycles. The Bertz CT molecular complexity index is 970. The van der Waals surface area contributed by atoms with Crippen molar-refractivity contribution in [1.82, 2.24) is 9.88 Å². The van der Waals surface area contributed by atoms with Gasteiger partial charge in [-0.3, -0.25) is 4.79 Å². The first-order valence-corrected chi connectivity index (χ1v) is 10.2. The Hall–Kier alpha value is -2.35. The van der Waals surface area contributed by atoms with Crippen LogP contribution in [0.5, 0.6) is 0 Å². The maximum Gasteiger partial charge on any atom is 0.413 e. The largest absolute Gasteiger partial charge is 0.413 e. The van der Waals surface area contributed by atoms with Crippen molar-refractivity contribution >= 4 is 23.3 Å². The number of hydrogen-bond acceptors (Lipinski definition) is 3. The number of alkyl halides is 3. The van der Waals surface area contributed by atoms with Crippen molar-refractivity contribution in [3.8, 4) is 0 Å². The van der Waals surface area contributed by atoms with E-state index >= 15 is 0 Å². The lowest BCUT2D eigenvalue weighted by Crippen LogP contribution is -2.44. The van der Waals surface area contributed by atoms with Crippen molar-refractivity contribution in [2.45, 2.75) is 51.9 Å². The van der Waals surface area contributed by atoms with Crippen molar-refractivity contribution in [3.05, 3.63) is 58.0 Å². The Kier molecular flexibility index (Phi) is 6.24. The highest BCUT2D eigenvalue weighted by atomic mass is 35.5. The molecule has 1 amide bonds. The van der Waals surface area contributed by atoms with E-state index < -0.39 is 29.4 Å². The minimum absolute atomic E-state index is 0.0639. The number of benzene rings is 1. The molecule has 3 rings (SSSR count). The Morgan fingerprint density at radius 3 is 2.42 bits per heavy atom. The smallest absolute Gasteiger partial charge is 0.367 e. The van der Waals surface area contributed by atoms with Gasteiger partial charge in [-0.2, -0.15) is 13.2 Å². The summed E-state index contributed by atoms with van der Waals surface area (Å²) in [5.74, 6) is -0.688. The van der Waals surface area contributed by atoms with Crippen LogP contribution in [0.15, 0.2) is 30.5 Å². The van der Waals surface area contributed by atoms with E-state index in [9.17, 15) is 22.4 Å². The van der Waals surface area contributed by atoms with Crippen molar-refractivity contribution in [3.63, 3.8) is 0 Å². The average Bonchev–Trinajstić information content (AvgIpc) is 3.07. The van der Waals surface area contributed by atoms with Gasteiger partial charge in [0.2, 0.25) is 5.91 Å². The van der Waals surface area contributed by atoms with Crippen LogP contribution in [0.4, 0.5) is 23.4 Å². The van der Waals surface area contributed by atoms with E-state index in [2.05, 4.69) is 10.3 Å². The van der Waals surface area contributed by atoms with Gasteiger partial charge in [0.1, 0.15) is 11.6 Å². The average molecular weight is 458 g/mol. The molecule has 0 bridgehead atoms. The summed E-state index contributed by atoms with van der Waals surface area (Å²) >= 11 is 5.83. The summed E-state index contributed by atoms with van der Waals surface area (Å²) in [5.41, 5.74) is 0.297. The molecule has 0 aliphatic heterocycles. The van der Waals surface area contributed by atoms with Crippen LogP contribution in [0.25, 0.3) is 0 Å². The number of pyridine rings is 1. The Morgan fingerprint density at radius 1 is 1.19 bits per heavy atom. The molecule has 0 fully saturated rings. The second-order valence-electron chi connectivity index (χ2n) is 8.84. The minimum Gasteiger partial charge on any atom is -0.367 e. The molecule has 168 valence electrons. The van der Waals surface area contributed by atoms with Crippen LogP contribution in [0.2, 0.25) is 5.02 Å². The zero-order valence-electron chi connectivity index (χ0n) is 17.6. The molecule has 0 saturated heterocycles. The van der Waals surface area contributed by atoms with Crippen LogP contribution in [-0.4, -0.2) is 35.1 Å². The fourth-order valence-electron chi connectivity index (χ4n) is 3.87. The predicted molar refractivity (Wildman–Crippen MR) is 111 cm³/mol. The predicted octanol–water partition coefficient (Wildman–Crippen LogP) is 5.56. The van der Waals surface area contributed by atoms with Gasteiger partial charge in [-0.25, -0.2) is 9.37 Å². The zero-order valence-corrected chi connectivity index (χ0v) is 18.4. The zero-order chi connectivity index (χ0) is 23.1. The van der Waals surface area contributed by atoms with Crippen LogP contribution in [0.3, 0.4) is 0 Å². The SMILES string of the molecule is CN(C(=O)C(C)(C)C)[C@@H](c1ccc(NC2Cc3ccc(Cl)c(F)c3C2)nc1)C(F)(F)F. The number of anilines is 1. The van der Waals surface area contributed by atoms with E-state index in [1.807, 2.05) is 0 Å². The van der Waals surface area contributed by atoms with E-state index in [1.54, 1.807) is 26.8 Å². The molecule has 1 N–H and O–H groups in total. The number of halogens is 5. The lowest BCUT2D eigenvalue weighted by atomic mass is 9.93. The third kappa shape index (κ3) is 4.95. The quantitative estimate of drug-likeness (QED) is 0.611. The highest BCUT2D eigenvalue weighted by Gasteiger charge is 2.47. The summed E-state index contributed by atoms with van der Waals surface area (Å²) in [7, 11) is 1.15.